The molecule has 20 heavy (non-hydrogen) atoms. The second kappa shape index (κ2) is 5.46. The Morgan fingerprint density at radius 1 is 1.35 bits per heavy atom. The highest BCUT2D eigenvalue weighted by Crippen LogP contribution is 2.37. The highest BCUT2D eigenvalue weighted by atomic mass is 79.9. The number of ether oxygens (including phenoxy) is 2. The number of aromatic nitrogens is 2. The third kappa shape index (κ3) is 2.29. The minimum atomic E-state index is 0.290. The van der Waals surface area contributed by atoms with Gasteiger partial charge in [-0.05, 0) is 41.2 Å². The van der Waals surface area contributed by atoms with Crippen LogP contribution in [0.25, 0.3) is 11.3 Å². The van der Waals surface area contributed by atoms with Crippen LogP contribution in [0.1, 0.15) is 5.82 Å². The van der Waals surface area contributed by atoms with Gasteiger partial charge in [-0.2, -0.15) is 0 Å². The minimum Gasteiger partial charge on any atom is -0.454 e. The maximum Gasteiger partial charge on any atom is 0.231 e. The molecule has 0 bridgehead atoms. The summed E-state index contributed by atoms with van der Waals surface area (Å²) in [6, 6.07) is 5.95. The van der Waals surface area contributed by atoms with Gasteiger partial charge in [-0.1, -0.05) is 0 Å². The summed E-state index contributed by atoms with van der Waals surface area (Å²) in [5, 5.41) is 3.14. The maximum absolute atomic E-state index is 5.43. The molecular formula is C14H16BrN3O2. The van der Waals surface area contributed by atoms with Crippen molar-refractivity contribution >= 4 is 15.9 Å². The lowest BCUT2D eigenvalue weighted by Crippen LogP contribution is -2.13. The number of nitrogens with zero attached hydrogens (tertiary/aromatic N) is 2. The lowest BCUT2D eigenvalue weighted by atomic mass is 10.1. The molecule has 2 heterocycles. The average molecular weight is 338 g/mol. The molecule has 106 valence electrons. The second-order valence-corrected chi connectivity index (χ2v) is 5.40. The van der Waals surface area contributed by atoms with E-state index in [2.05, 4.69) is 30.8 Å². The number of halogens is 1. The third-order valence-corrected chi connectivity index (χ3v) is 3.94. The van der Waals surface area contributed by atoms with E-state index >= 15 is 0 Å². The summed E-state index contributed by atoms with van der Waals surface area (Å²) < 4.78 is 13.7. The smallest absolute Gasteiger partial charge is 0.231 e. The fourth-order valence-electron chi connectivity index (χ4n) is 2.33. The van der Waals surface area contributed by atoms with Gasteiger partial charge in [0.15, 0.2) is 11.5 Å². The Bertz CT molecular complexity index is 640. The molecule has 3 rings (SSSR count). The quantitative estimate of drug-likeness (QED) is 0.930. The maximum atomic E-state index is 5.43. The average Bonchev–Trinajstić information content (AvgIpc) is 3.00. The number of hydrogen-bond donors (Lipinski definition) is 1. The molecule has 1 aromatic carbocycles. The summed E-state index contributed by atoms with van der Waals surface area (Å²) in [5.41, 5.74) is 2.11. The fraction of sp³-hybridized carbons (Fsp3) is 0.357. The van der Waals surface area contributed by atoms with Crippen LogP contribution in [0.15, 0.2) is 22.8 Å². The van der Waals surface area contributed by atoms with Crippen LogP contribution >= 0.6 is 15.9 Å². The molecule has 1 aliphatic rings. The van der Waals surface area contributed by atoms with Crippen molar-refractivity contribution in [1.82, 2.24) is 14.9 Å². The van der Waals surface area contributed by atoms with Gasteiger partial charge in [0, 0.05) is 25.6 Å². The summed E-state index contributed by atoms with van der Waals surface area (Å²) in [5.74, 6) is 2.62. The molecule has 0 atom stereocenters. The molecule has 0 amide bonds. The normalized spacial score (nSPS) is 12.9. The Kier molecular flexibility index (Phi) is 3.67. The minimum absolute atomic E-state index is 0.290. The highest BCUT2D eigenvalue weighted by molar-refractivity contribution is 9.10. The number of fused-ring (bicyclic) bond motifs is 1. The Labute approximate surface area is 126 Å². The van der Waals surface area contributed by atoms with Crippen molar-refractivity contribution in [1.29, 1.82) is 0 Å². The molecule has 0 radical (unpaired) electrons. The molecule has 2 aromatic rings. The summed E-state index contributed by atoms with van der Waals surface area (Å²) in [6.07, 6.45) is 0.885. The largest absolute Gasteiger partial charge is 0.454 e. The molecule has 5 nitrogen and oxygen atoms in total. The number of hydrogen-bond acceptors (Lipinski definition) is 4. The Hall–Kier alpha value is -1.53. The van der Waals surface area contributed by atoms with Crippen molar-refractivity contribution in [3.8, 4) is 22.8 Å². The van der Waals surface area contributed by atoms with Crippen LogP contribution in [-0.4, -0.2) is 29.9 Å². The van der Waals surface area contributed by atoms with Crippen LogP contribution < -0.4 is 14.8 Å². The summed E-state index contributed by atoms with van der Waals surface area (Å²) >= 11 is 3.55. The zero-order valence-corrected chi connectivity index (χ0v) is 13.0. The molecule has 1 N–H and O–H groups in total. The Morgan fingerprint density at radius 3 is 2.95 bits per heavy atom. The summed E-state index contributed by atoms with van der Waals surface area (Å²) in [6.45, 7) is 1.19. The molecule has 6 heteroatoms. The van der Waals surface area contributed by atoms with Crippen molar-refractivity contribution in [2.75, 3.05) is 20.4 Å². The van der Waals surface area contributed by atoms with Gasteiger partial charge in [0.05, 0.1) is 5.69 Å². The molecule has 0 saturated heterocycles. The van der Waals surface area contributed by atoms with Crippen molar-refractivity contribution < 1.29 is 9.47 Å². The van der Waals surface area contributed by atoms with E-state index in [9.17, 15) is 0 Å². The molecule has 0 fully saturated rings. The van der Waals surface area contributed by atoms with Gasteiger partial charge in [0.1, 0.15) is 10.4 Å². The Balaban J connectivity index is 1.99. The first-order valence-corrected chi connectivity index (χ1v) is 7.25. The second-order valence-electron chi connectivity index (χ2n) is 4.65. The van der Waals surface area contributed by atoms with Gasteiger partial charge in [-0.25, -0.2) is 4.98 Å². The molecule has 0 spiro atoms. The van der Waals surface area contributed by atoms with Crippen LogP contribution in [-0.2, 0) is 13.5 Å². The van der Waals surface area contributed by atoms with E-state index < -0.39 is 0 Å². The first kappa shape index (κ1) is 13.5. The molecule has 1 aliphatic heterocycles. The standard InChI is InChI=1S/C14H16BrN3O2/c1-16-6-5-12-17-14(15)13(18(12)2)9-3-4-10-11(7-9)20-8-19-10/h3-4,7,16H,5-6,8H2,1-2H3. The monoisotopic (exact) mass is 337 g/mol. The summed E-state index contributed by atoms with van der Waals surface area (Å²) in [4.78, 5) is 4.59. The van der Waals surface area contributed by atoms with Crippen LogP contribution in [0.5, 0.6) is 11.5 Å². The van der Waals surface area contributed by atoms with E-state index in [4.69, 9.17) is 9.47 Å². The van der Waals surface area contributed by atoms with Gasteiger partial charge in [-0.15, -0.1) is 0 Å². The molecule has 0 saturated carbocycles. The van der Waals surface area contributed by atoms with Gasteiger partial charge < -0.3 is 19.4 Å². The topological polar surface area (TPSA) is 48.3 Å². The van der Waals surface area contributed by atoms with Crippen molar-refractivity contribution in [2.45, 2.75) is 6.42 Å². The number of imidazole rings is 1. The van der Waals surface area contributed by atoms with Crippen molar-refractivity contribution in [3.63, 3.8) is 0 Å². The molecule has 1 aromatic heterocycles. The van der Waals surface area contributed by atoms with Gasteiger partial charge in [0.2, 0.25) is 6.79 Å². The van der Waals surface area contributed by atoms with Crippen molar-refractivity contribution in [3.05, 3.63) is 28.6 Å². The number of likely N-dealkylation sites (N-methyl/N-ethyl adjacent to an activating group) is 1. The van der Waals surface area contributed by atoms with Gasteiger partial charge in [0.25, 0.3) is 0 Å². The third-order valence-electron chi connectivity index (χ3n) is 3.39. The van der Waals surface area contributed by atoms with E-state index in [1.807, 2.05) is 32.3 Å². The van der Waals surface area contributed by atoms with Crippen LogP contribution in [0, 0.1) is 0 Å². The van der Waals surface area contributed by atoms with Gasteiger partial charge in [-0.3, -0.25) is 0 Å². The van der Waals surface area contributed by atoms with Crippen molar-refractivity contribution in [2.24, 2.45) is 7.05 Å². The van der Waals surface area contributed by atoms with Crippen LogP contribution in [0.3, 0.4) is 0 Å². The number of rotatable bonds is 4. The molecular weight excluding hydrogens is 322 g/mol. The lowest BCUT2D eigenvalue weighted by molar-refractivity contribution is 0.174. The van der Waals surface area contributed by atoms with Gasteiger partial charge >= 0.3 is 0 Å². The zero-order chi connectivity index (χ0) is 14.1. The predicted molar refractivity (Wildman–Crippen MR) is 80.1 cm³/mol. The molecule has 0 aliphatic carbocycles. The van der Waals surface area contributed by atoms with E-state index in [1.165, 1.54) is 0 Å². The fourth-order valence-corrected chi connectivity index (χ4v) is 3.03. The lowest BCUT2D eigenvalue weighted by Gasteiger charge is -2.07. The van der Waals surface area contributed by atoms with E-state index in [0.29, 0.717) is 6.79 Å². The SMILES string of the molecule is CNCCc1nc(Br)c(-c2ccc3c(c2)OCO3)n1C. The van der Waals surface area contributed by atoms with E-state index in [0.717, 1.165) is 46.1 Å². The number of nitrogens with one attached hydrogen (secondary N) is 1. The first-order valence-electron chi connectivity index (χ1n) is 6.46. The molecule has 0 unspecified atom stereocenters. The Morgan fingerprint density at radius 2 is 2.15 bits per heavy atom. The zero-order valence-electron chi connectivity index (χ0n) is 11.4. The summed E-state index contributed by atoms with van der Waals surface area (Å²) in [7, 11) is 3.97. The van der Waals surface area contributed by atoms with E-state index in [-0.39, 0.29) is 0 Å². The predicted octanol–water partition coefficient (Wildman–Crippen LogP) is 2.34. The number of benzene rings is 1. The first-order chi connectivity index (χ1) is 9.70. The van der Waals surface area contributed by atoms with E-state index in [1.54, 1.807) is 0 Å². The van der Waals surface area contributed by atoms with Crippen LogP contribution in [0.2, 0.25) is 0 Å². The van der Waals surface area contributed by atoms with Crippen LogP contribution in [0.4, 0.5) is 0 Å². The highest BCUT2D eigenvalue weighted by Gasteiger charge is 2.18.